The monoisotopic (exact) mass is 294 g/mol. The number of aliphatic carboxylic acids is 1. The van der Waals surface area contributed by atoms with E-state index in [1.54, 1.807) is 0 Å². The molecule has 2 saturated carbocycles. The van der Waals surface area contributed by atoms with Crippen LogP contribution in [0.3, 0.4) is 0 Å². The maximum absolute atomic E-state index is 11.7. The summed E-state index contributed by atoms with van der Waals surface area (Å²) in [6.45, 7) is 3.94. The van der Waals surface area contributed by atoms with E-state index in [9.17, 15) is 9.90 Å². The summed E-state index contributed by atoms with van der Waals surface area (Å²) in [5, 5.41) is 12.9. The second kappa shape index (κ2) is 6.25. The predicted molar refractivity (Wildman–Crippen MR) is 83.4 cm³/mol. The zero-order valence-electron chi connectivity index (χ0n) is 13.3. The summed E-state index contributed by atoms with van der Waals surface area (Å²) < 4.78 is 0. The number of rotatable bonds is 5. The predicted octanol–water partition coefficient (Wildman–Crippen LogP) is 2.63. The topological polar surface area (TPSA) is 52.6 Å². The Labute approximate surface area is 128 Å². The maximum Gasteiger partial charge on any atom is 0.323 e. The minimum atomic E-state index is -0.664. The van der Waals surface area contributed by atoms with Crippen LogP contribution in [-0.4, -0.2) is 46.7 Å². The molecule has 1 saturated heterocycles. The SMILES string of the molecule is CCNC1(C(=O)O)CCC(N2CCCC2C2CCCC2)C1. The molecule has 0 aromatic carbocycles. The smallest absolute Gasteiger partial charge is 0.323 e. The molecule has 0 amide bonds. The third-order valence-corrected chi connectivity index (χ3v) is 6.17. The third kappa shape index (κ3) is 2.85. The van der Waals surface area contributed by atoms with Crippen molar-refractivity contribution in [1.82, 2.24) is 10.2 Å². The number of nitrogens with zero attached hydrogens (tertiary/aromatic N) is 1. The van der Waals surface area contributed by atoms with Gasteiger partial charge < -0.3 is 10.4 Å². The number of likely N-dealkylation sites (N-methyl/N-ethyl adjacent to an activating group) is 1. The molecule has 120 valence electrons. The van der Waals surface area contributed by atoms with Crippen molar-refractivity contribution >= 4 is 5.97 Å². The van der Waals surface area contributed by atoms with Crippen molar-refractivity contribution in [3.8, 4) is 0 Å². The van der Waals surface area contributed by atoms with Crippen LogP contribution in [0.25, 0.3) is 0 Å². The molecule has 3 rings (SSSR count). The largest absolute Gasteiger partial charge is 0.480 e. The van der Waals surface area contributed by atoms with Gasteiger partial charge in [0.2, 0.25) is 0 Å². The van der Waals surface area contributed by atoms with Crippen LogP contribution in [0.15, 0.2) is 0 Å². The zero-order chi connectivity index (χ0) is 14.9. The molecule has 0 aromatic heterocycles. The van der Waals surface area contributed by atoms with Crippen molar-refractivity contribution in [3.05, 3.63) is 0 Å². The second-order valence-corrected chi connectivity index (χ2v) is 7.31. The van der Waals surface area contributed by atoms with E-state index in [1.807, 2.05) is 6.92 Å². The number of likely N-dealkylation sites (tertiary alicyclic amines) is 1. The Hall–Kier alpha value is -0.610. The van der Waals surface area contributed by atoms with Gasteiger partial charge in [0.25, 0.3) is 0 Å². The fraction of sp³-hybridized carbons (Fsp3) is 0.941. The Balaban J connectivity index is 1.68. The Kier molecular flexibility index (Phi) is 4.55. The van der Waals surface area contributed by atoms with E-state index in [1.165, 1.54) is 45.1 Å². The minimum absolute atomic E-state index is 0.480. The molecule has 3 unspecified atom stereocenters. The summed E-state index contributed by atoms with van der Waals surface area (Å²) in [5.74, 6) is 0.231. The molecule has 21 heavy (non-hydrogen) atoms. The van der Waals surface area contributed by atoms with Gasteiger partial charge >= 0.3 is 5.97 Å². The molecule has 3 aliphatic rings. The van der Waals surface area contributed by atoms with Gasteiger partial charge in [0, 0.05) is 12.1 Å². The molecule has 4 nitrogen and oxygen atoms in total. The summed E-state index contributed by atoms with van der Waals surface area (Å²) in [6.07, 6.45) is 10.8. The highest BCUT2D eigenvalue weighted by Gasteiger charge is 2.48. The molecule has 0 aromatic rings. The standard InChI is InChI=1S/C17H30N2O2/c1-2-18-17(16(20)21)10-9-14(12-17)19-11-5-8-15(19)13-6-3-4-7-13/h13-15,18H,2-12H2,1H3,(H,20,21). The number of carboxylic acids is 1. The summed E-state index contributed by atoms with van der Waals surface area (Å²) in [6, 6.07) is 1.22. The summed E-state index contributed by atoms with van der Waals surface area (Å²) in [4.78, 5) is 14.4. The highest BCUT2D eigenvalue weighted by atomic mass is 16.4. The summed E-state index contributed by atoms with van der Waals surface area (Å²) in [5.41, 5.74) is -0.664. The van der Waals surface area contributed by atoms with Crippen LogP contribution in [0.1, 0.15) is 64.7 Å². The number of hydrogen-bond donors (Lipinski definition) is 2. The van der Waals surface area contributed by atoms with Gasteiger partial charge in [0.15, 0.2) is 0 Å². The molecule has 0 radical (unpaired) electrons. The molecular formula is C17H30N2O2. The van der Waals surface area contributed by atoms with Crippen molar-refractivity contribution in [2.45, 2.75) is 82.3 Å². The third-order valence-electron chi connectivity index (χ3n) is 6.17. The minimum Gasteiger partial charge on any atom is -0.480 e. The van der Waals surface area contributed by atoms with E-state index in [4.69, 9.17) is 0 Å². The molecule has 0 bridgehead atoms. The van der Waals surface area contributed by atoms with Crippen molar-refractivity contribution in [3.63, 3.8) is 0 Å². The molecule has 1 aliphatic heterocycles. The molecule has 2 aliphatic carbocycles. The molecule has 1 heterocycles. The van der Waals surface area contributed by atoms with Crippen LogP contribution in [0.2, 0.25) is 0 Å². The van der Waals surface area contributed by atoms with Crippen molar-refractivity contribution in [2.75, 3.05) is 13.1 Å². The van der Waals surface area contributed by atoms with Crippen LogP contribution in [0.4, 0.5) is 0 Å². The first-order chi connectivity index (χ1) is 10.2. The van der Waals surface area contributed by atoms with E-state index in [-0.39, 0.29) is 0 Å². The quantitative estimate of drug-likeness (QED) is 0.818. The maximum atomic E-state index is 11.7. The summed E-state index contributed by atoms with van der Waals surface area (Å²) >= 11 is 0. The Morgan fingerprint density at radius 1 is 1.24 bits per heavy atom. The lowest BCUT2D eigenvalue weighted by molar-refractivity contribution is -0.144. The van der Waals surface area contributed by atoms with Crippen LogP contribution in [0, 0.1) is 5.92 Å². The lowest BCUT2D eigenvalue weighted by Gasteiger charge is -2.35. The first kappa shape index (κ1) is 15.3. The molecule has 3 fully saturated rings. The van der Waals surface area contributed by atoms with Crippen LogP contribution >= 0.6 is 0 Å². The Morgan fingerprint density at radius 3 is 2.67 bits per heavy atom. The van der Waals surface area contributed by atoms with Crippen molar-refractivity contribution in [1.29, 1.82) is 0 Å². The van der Waals surface area contributed by atoms with Gasteiger partial charge in [0.1, 0.15) is 5.54 Å². The van der Waals surface area contributed by atoms with Gasteiger partial charge in [-0.25, -0.2) is 0 Å². The van der Waals surface area contributed by atoms with E-state index >= 15 is 0 Å². The molecule has 4 heteroatoms. The van der Waals surface area contributed by atoms with Gasteiger partial charge in [0.05, 0.1) is 0 Å². The lowest BCUT2D eigenvalue weighted by Crippen LogP contribution is -2.52. The number of carboxylic acid groups (broad SMARTS) is 1. The molecule has 3 atom stereocenters. The van der Waals surface area contributed by atoms with Crippen LogP contribution in [-0.2, 0) is 4.79 Å². The average Bonchev–Trinajstić information content (AvgIpc) is 3.19. The van der Waals surface area contributed by atoms with Gasteiger partial charge in [-0.2, -0.15) is 0 Å². The fourth-order valence-electron chi connectivity index (χ4n) is 5.19. The van der Waals surface area contributed by atoms with Crippen molar-refractivity contribution in [2.24, 2.45) is 5.92 Å². The highest BCUT2D eigenvalue weighted by molar-refractivity contribution is 5.79. The molecular weight excluding hydrogens is 264 g/mol. The molecule has 2 N–H and O–H groups in total. The fourth-order valence-corrected chi connectivity index (χ4v) is 5.19. The van der Waals surface area contributed by atoms with E-state index in [0.717, 1.165) is 37.8 Å². The second-order valence-electron chi connectivity index (χ2n) is 7.31. The van der Waals surface area contributed by atoms with Gasteiger partial charge in [-0.05, 0) is 64.0 Å². The van der Waals surface area contributed by atoms with E-state index in [0.29, 0.717) is 6.04 Å². The molecule has 0 spiro atoms. The van der Waals surface area contributed by atoms with Gasteiger partial charge in [-0.1, -0.05) is 19.8 Å². The van der Waals surface area contributed by atoms with Crippen molar-refractivity contribution < 1.29 is 9.90 Å². The number of nitrogens with one attached hydrogen (secondary N) is 1. The zero-order valence-corrected chi connectivity index (χ0v) is 13.3. The van der Waals surface area contributed by atoms with E-state index < -0.39 is 11.5 Å². The van der Waals surface area contributed by atoms with Crippen LogP contribution in [0.5, 0.6) is 0 Å². The van der Waals surface area contributed by atoms with Gasteiger partial charge in [-0.15, -0.1) is 0 Å². The number of carbonyl (C=O) groups is 1. The Bertz CT molecular complexity index is 381. The van der Waals surface area contributed by atoms with Crippen LogP contribution < -0.4 is 5.32 Å². The van der Waals surface area contributed by atoms with E-state index in [2.05, 4.69) is 10.2 Å². The average molecular weight is 294 g/mol. The normalized spacial score (nSPS) is 38.3. The first-order valence-corrected chi connectivity index (χ1v) is 8.90. The van der Waals surface area contributed by atoms with Gasteiger partial charge in [-0.3, -0.25) is 9.69 Å². The summed E-state index contributed by atoms with van der Waals surface area (Å²) in [7, 11) is 0. The Morgan fingerprint density at radius 2 is 2.00 bits per heavy atom. The lowest BCUT2D eigenvalue weighted by atomic mass is 9.94. The number of hydrogen-bond acceptors (Lipinski definition) is 3. The highest BCUT2D eigenvalue weighted by Crippen LogP contribution is 2.41. The first-order valence-electron chi connectivity index (χ1n) is 8.90.